The van der Waals surface area contributed by atoms with E-state index in [0.717, 1.165) is 6.07 Å². The molecule has 0 aliphatic carbocycles. The highest BCUT2D eigenvalue weighted by Gasteiger charge is 2.17. The van der Waals surface area contributed by atoms with Crippen molar-refractivity contribution in [3.8, 4) is 16.9 Å². The molecule has 0 saturated carbocycles. The number of halogens is 1. The molecule has 1 amide bonds. The summed E-state index contributed by atoms with van der Waals surface area (Å²) in [7, 11) is 1.52. The maximum absolute atomic E-state index is 13.8. The molecular formula is C21H16FNO4. The first kappa shape index (κ1) is 18.1. The maximum Gasteiger partial charge on any atom is 0.335 e. The van der Waals surface area contributed by atoms with Crippen molar-refractivity contribution in [3.05, 3.63) is 83.7 Å². The Kier molecular flexibility index (Phi) is 5.17. The highest BCUT2D eigenvalue weighted by atomic mass is 19.1. The second-order valence-electron chi connectivity index (χ2n) is 5.73. The first-order valence-electron chi connectivity index (χ1n) is 8.07. The minimum atomic E-state index is -1.06. The molecule has 3 rings (SSSR count). The van der Waals surface area contributed by atoms with E-state index in [1.807, 2.05) is 0 Å². The van der Waals surface area contributed by atoms with Gasteiger partial charge in [0.05, 0.1) is 18.2 Å². The zero-order valence-corrected chi connectivity index (χ0v) is 14.4. The summed E-state index contributed by atoms with van der Waals surface area (Å²) >= 11 is 0. The average Bonchev–Trinajstić information content (AvgIpc) is 2.68. The largest absolute Gasteiger partial charge is 0.496 e. The Morgan fingerprint density at radius 2 is 1.67 bits per heavy atom. The molecule has 27 heavy (non-hydrogen) atoms. The van der Waals surface area contributed by atoms with Gasteiger partial charge in [-0.1, -0.05) is 24.3 Å². The summed E-state index contributed by atoms with van der Waals surface area (Å²) in [6, 6.07) is 16.8. The molecule has 3 aromatic rings. The van der Waals surface area contributed by atoms with Crippen molar-refractivity contribution in [2.75, 3.05) is 12.4 Å². The van der Waals surface area contributed by atoms with E-state index in [4.69, 9.17) is 9.84 Å². The molecule has 3 aromatic carbocycles. The fourth-order valence-corrected chi connectivity index (χ4v) is 2.70. The number of hydrogen-bond acceptors (Lipinski definition) is 3. The molecule has 0 heterocycles. The second kappa shape index (κ2) is 7.70. The van der Waals surface area contributed by atoms with Crippen molar-refractivity contribution >= 4 is 17.6 Å². The lowest BCUT2D eigenvalue weighted by atomic mass is 9.98. The van der Waals surface area contributed by atoms with Gasteiger partial charge in [0.2, 0.25) is 0 Å². The third-order valence-corrected chi connectivity index (χ3v) is 4.01. The van der Waals surface area contributed by atoms with Gasteiger partial charge in [-0.2, -0.15) is 0 Å². The first-order chi connectivity index (χ1) is 13.0. The number of amides is 1. The van der Waals surface area contributed by atoms with E-state index < -0.39 is 17.7 Å². The van der Waals surface area contributed by atoms with E-state index in [1.54, 1.807) is 24.3 Å². The number of para-hydroxylation sites is 1. The Hall–Kier alpha value is -3.67. The lowest BCUT2D eigenvalue weighted by Crippen LogP contribution is -2.14. The summed E-state index contributed by atoms with van der Waals surface area (Å²) in [6.07, 6.45) is 0. The third kappa shape index (κ3) is 3.95. The van der Waals surface area contributed by atoms with Crippen LogP contribution in [0.5, 0.6) is 5.75 Å². The van der Waals surface area contributed by atoms with E-state index in [1.165, 1.54) is 43.5 Å². The monoisotopic (exact) mass is 365 g/mol. The lowest BCUT2D eigenvalue weighted by Gasteiger charge is -2.13. The topological polar surface area (TPSA) is 75.6 Å². The van der Waals surface area contributed by atoms with Crippen molar-refractivity contribution in [2.24, 2.45) is 0 Å². The molecule has 0 atom stereocenters. The predicted molar refractivity (Wildman–Crippen MR) is 99.7 cm³/mol. The number of carbonyl (C=O) groups excluding carboxylic acids is 1. The van der Waals surface area contributed by atoms with Gasteiger partial charge < -0.3 is 15.2 Å². The molecule has 0 saturated heterocycles. The molecule has 2 N–H and O–H groups in total. The van der Waals surface area contributed by atoms with Gasteiger partial charge in [0.15, 0.2) is 0 Å². The molecule has 0 fully saturated rings. The standard InChI is InChI=1S/C21H16FNO4/c1-27-19-5-3-2-4-17(19)16-11-8-14(22)12-18(16)20(24)23-15-9-6-13(7-10-15)21(25)26/h2-12H,1H3,(H,23,24)(H,25,26). The smallest absolute Gasteiger partial charge is 0.335 e. The van der Waals surface area contributed by atoms with Crippen molar-refractivity contribution in [1.29, 1.82) is 0 Å². The van der Waals surface area contributed by atoms with Crippen molar-refractivity contribution in [3.63, 3.8) is 0 Å². The molecule has 0 unspecified atom stereocenters. The van der Waals surface area contributed by atoms with Crippen LogP contribution in [0.2, 0.25) is 0 Å². The molecule has 0 aliphatic rings. The first-order valence-corrected chi connectivity index (χ1v) is 8.07. The molecule has 0 bridgehead atoms. The minimum Gasteiger partial charge on any atom is -0.496 e. The van der Waals surface area contributed by atoms with Gasteiger partial charge >= 0.3 is 5.97 Å². The van der Waals surface area contributed by atoms with Gasteiger partial charge in [0, 0.05) is 11.3 Å². The summed E-state index contributed by atoms with van der Waals surface area (Å²) in [4.78, 5) is 23.7. The number of rotatable bonds is 5. The summed E-state index contributed by atoms with van der Waals surface area (Å²) in [5.74, 6) is -1.56. The van der Waals surface area contributed by atoms with Crippen molar-refractivity contribution in [1.82, 2.24) is 0 Å². The Labute approximate surface area is 155 Å². The number of ether oxygens (including phenoxy) is 1. The molecule has 0 aromatic heterocycles. The van der Waals surface area contributed by atoms with Crippen LogP contribution in [-0.2, 0) is 0 Å². The van der Waals surface area contributed by atoms with Crippen LogP contribution in [0.15, 0.2) is 66.7 Å². The SMILES string of the molecule is COc1ccccc1-c1ccc(F)cc1C(=O)Nc1ccc(C(=O)O)cc1. The molecule has 0 spiro atoms. The van der Waals surface area contributed by atoms with E-state index in [0.29, 0.717) is 22.6 Å². The van der Waals surface area contributed by atoms with E-state index >= 15 is 0 Å². The number of methoxy groups -OCH3 is 1. The Balaban J connectivity index is 1.97. The Morgan fingerprint density at radius 3 is 2.33 bits per heavy atom. The number of nitrogens with one attached hydrogen (secondary N) is 1. The summed E-state index contributed by atoms with van der Waals surface area (Å²) in [5.41, 5.74) is 1.83. The molecule has 136 valence electrons. The van der Waals surface area contributed by atoms with E-state index in [9.17, 15) is 14.0 Å². The number of benzene rings is 3. The fourth-order valence-electron chi connectivity index (χ4n) is 2.70. The quantitative estimate of drug-likeness (QED) is 0.700. The summed E-state index contributed by atoms with van der Waals surface area (Å²) in [5, 5.41) is 11.6. The number of hydrogen-bond donors (Lipinski definition) is 2. The van der Waals surface area contributed by atoms with Crippen LogP contribution in [-0.4, -0.2) is 24.1 Å². The van der Waals surface area contributed by atoms with Gasteiger partial charge in [0.1, 0.15) is 11.6 Å². The van der Waals surface area contributed by atoms with Crippen LogP contribution >= 0.6 is 0 Å². The van der Waals surface area contributed by atoms with Crippen LogP contribution < -0.4 is 10.1 Å². The van der Waals surface area contributed by atoms with Gasteiger partial charge in [-0.3, -0.25) is 4.79 Å². The molecule has 0 radical (unpaired) electrons. The van der Waals surface area contributed by atoms with E-state index in [2.05, 4.69) is 5.32 Å². The number of carboxylic acid groups (broad SMARTS) is 1. The van der Waals surface area contributed by atoms with Gasteiger partial charge in [-0.25, -0.2) is 9.18 Å². The maximum atomic E-state index is 13.8. The third-order valence-electron chi connectivity index (χ3n) is 4.01. The minimum absolute atomic E-state index is 0.105. The molecule has 5 nitrogen and oxygen atoms in total. The number of carboxylic acids is 1. The van der Waals surface area contributed by atoms with Crippen LogP contribution in [0, 0.1) is 5.82 Å². The van der Waals surface area contributed by atoms with Crippen LogP contribution in [0.25, 0.3) is 11.1 Å². The molecule has 0 aliphatic heterocycles. The molecule has 6 heteroatoms. The van der Waals surface area contributed by atoms with Gasteiger partial charge in [-0.05, 0) is 48.0 Å². The summed E-state index contributed by atoms with van der Waals surface area (Å²) < 4.78 is 19.1. The van der Waals surface area contributed by atoms with Crippen molar-refractivity contribution in [2.45, 2.75) is 0 Å². The van der Waals surface area contributed by atoms with Crippen LogP contribution in [0.1, 0.15) is 20.7 Å². The fraction of sp³-hybridized carbons (Fsp3) is 0.0476. The molecular weight excluding hydrogens is 349 g/mol. The predicted octanol–water partition coefficient (Wildman–Crippen LogP) is 4.45. The van der Waals surface area contributed by atoms with Crippen molar-refractivity contribution < 1.29 is 23.8 Å². The highest BCUT2D eigenvalue weighted by molar-refractivity contribution is 6.09. The Bertz CT molecular complexity index is 999. The number of anilines is 1. The van der Waals surface area contributed by atoms with E-state index in [-0.39, 0.29) is 11.1 Å². The Morgan fingerprint density at radius 1 is 0.963 bits per heavy atom. The van der Waals surface area contributed by atoms with Crippen LogP contribution in [0.4, 0.5) is 10.1 Å². The zero-order chi connectivity index (χ0) is 19.4. The highest BCUT2D eigenvalue weighted by Crippen LogP contribution is 2.33. The summed E-state index contributed by atoms with van der Waals surface area (Å²) in [6.45, 7) is 0. The van der Waals surface area contributed by atoms with Gasteiger partial charge in [-0.15, -0.1) is 0 Å². The second-order valence-corrected chi connectivity index (χ2v) is 5.73. The number of carbonyl (C=O) groups is 2. The van der Waals surface area contributed by atoms with Crippen LogP contribution in [0.3, 0.4) is 0 Å². The average molecular weight is 365 g/mol. The normalized spacial score (nSPS) is 10.3. The lowest BCUT2D eigenvalue weighted by molar-refractivity contribution is 0.0696. The number of aromatic carboxylic acids is 1. The zero-order valence-electron chi connectivity index (χ0n) is 14.4. The van der Waals surface area contributed by atoms with Gasteiger partial charge in [0.25, 0.3) is 5.91 Å².